The van der Waals surface area contributed by atoms with Crippen molar-refractivity contribution in [3.8, 4) is 0 Å². The molecule has 1 saturated heterocycles. The van der Waals surface area contributed by atoms with Crippen LogP contribution < -0.4 is 5.32 Å². The third-order valence-electron chi connectivity index (χ3n) is 8.52. The number of hydrogen-bond acceptors (Lipinski definition) is 4. The van der Waals surface area contributed by atoms with Crippen molar-refractivity contribution in [2.45, 2.75) is 75.6 Å². The number of halogens is 2. The number of nitrogens with one attached hydrogen (secondary N) is 1. The van der Waals surface area contributed by atoms with Crippen molar-refractivity contribution in [3.05, 3.63) is 82.4 Å². The molecule has 2 aromatic carbocycles. The maximum absolute atomic E-state index is 14.7. The number of sulfonamides is 1. The fourth-order valence-electron chi connectivity index (χ4n) is 6.11. The monoisotopic (exact) mass is 633 g/mol. The lowest BCUT2D eigenvalue weighted by Gasteiger charge is -2.52. The van der Waals surface area contributed by atoms with Gasteiger partial charge in [-0.2, -0.15) is 0 Å². The summed E-state index contributed by atoms with van der Waals surface area (Å²) < 4.78 is 27.7. The van der Waals surface area contributed by atoms with E-state index in [-0.39, 0.29) is 35.9 Å². The maximum atomic E-state index is 14.7. The van der Waals surface area contributed by atoms with Gasteiger partial charge in [0, 0.05) is 48.6 Å². The minimum absolute atomic E-state index is 0.0104. The van der Waals surface area contributed by atoms with Crippen LogP contribution in [0.25, 0.3) is 0 Å². The molecule has 1 aliphatic carbocycles. The lowest BCUT2D eigenvalue weighted by molar-refractivity contribution is -0.157. The van der Waals surface area contributed by atoms with Crippen molar-refractivity contribution in [2.24, 2.45) is 5.41 Å². The molecule has 2 fully saturated rings. The van der Waals surface area contributed by atoms with Gasteiger partial charge in [0.05, 0.1) is 16.7 Å². The summed E-state index contributed by atoms with van der Waals surface area (Å²) in [4.78, 5) is 29.7. The molecule has 0 aromatic heterocycles. The van der Waals surface area contributed by atoms with E-state index < -0.39 is 27.5 Å². The first-order valence-corrected chi connectivity index (χ1v) is 16.8. The smallest absolute Gasteiger partial charge is 0.229 e. The van der Waals surface area contributed by atoms with Crippen molar-refractivity contribution in [1.29, 1.82) is 0 Å². The second kappa shape index (κ2) is 13.5. The molecule has 10 heteroatoms. The Kier molecular flexibility index (Phi) is 10.5. The number of amides is 2. The van der Waals surface area contributed by atoms with Gasteiger partial charge >= 0.3 is 0 Å². The van der Waals surface area contributed by atoms with E-state index in [1.165, 1.54) is 4.31 Å². The van der Waals surface area contributed by atoms with Crippen LogP contribution in [0.1, 0.15) is 75.5 Å². The number of rotatable bonds is 13. The van der Waals surface area contributed by atoms with Crippen molar-refractivity contribution in [1.82, 2.24) is 14.5 Å². The van der Waals surface area contributed by atoms with E-state index in [1.807, 2.05) is 55.1 Å². The van der Waals surface area contributed by atoms with Crippen molar-refractivity contribution in [3.63, 3.8) is 0 Å². The van der Waals surface area contributed by atoms with E-state index in [0.717, 1.165) is 11.1 Å². The summed E-state index contributed by atoms with van der Waals surface area (Å²) in [6.45, 7) is 8.14. The second-order valence-electron chi connectivity index (χ2n) is 11.8. The van der Waals surface area contributed by atoms with Crippen molar-refractivity contribution >= 4 is 45.0 Å². The summed E-state index contributed by atoms with van der Waals surface area (Å²) in [5.74, 6) is -0.583. The highest BCUT2D eigenvalue weighted by molar-refractivity contribution is 7.90. The first-order chi connectivity index (χ1) is 19.9. The van der Waals surface area contributed by atoms with Gasteiger partial charge in [0.25, 0.3) is 0 Å². The molecule has 0 bridgehead atoms. The van der Waals surface area contributed by atoms with E-state index >= 15 is 0 Å². The Morgan fingerprint density at radius 3 is 2.45 bits per heavy atom. The van der Waals surface area contributed by atoms with E-state index in [4.69, 9.17) is 23.2 Å². The number of piperidine rings is 1. The van der Waals surface area contributed by atoms with Crippen molar-refractivity contribution < 1.29 is 18.0 Å². The Labute approximate surface area is 260 Å². The van der Waals surface area contributed by atoms with Gasteiger partial charge in [0.15, 0.2) is 0 Å². The quantitative estimate of drug-likeness (QED) is 0.206. The Morgan fingerprint density at radius 1 is 1.17 bits per heavy atom. The molecular formula is C32H41Cl2N3O4S. The fourth-order valence-corrected chi connectivity index (χ4v) is 8.06. The van der Waals surface area contributed by atoms with Crippen LogP contribution in [0.15, 0.2) is 61.2 Å². The molecule has 1 aliphatic heterocycles. The molecule has 1 saturated carbocycles. The zero-order valence-corrected chi connectivity index (χ0v) is 26.9. The SMILES string of the molecule is C=CCCNC(=O)CC1(C)CC(c2cccc(Cl)c2)C(c2ccc(Cl)cc2)N(C(CC)CN(C)S(=O)(=O)C2CC2)C1=O. The van der Waals surface area contributed by atoms with Crippen LogP contribution in [-0.4, -0.2) is 60.9 Å². The molecule has 0 spiro atoms. The highest BCUT2D eigenvalue weighted by Crippen LogP contribution is 2.52. The van der Waals surface area contributed by atoms with E-state index in [2.05, 4.69) is 11.9 Å². The first kappa shape index (κ1) is 32.5. The molecule has 0 radical (unpaired) electrons. The molecule has 42 heavy (non-hydrogen) atoms. The van der Waals surface area contributed by atoms with Gasteiger partial charge in [-0.3, -0.25) is 9.59 Å². The van der Waals surface area contributed by atoms with Gasteiger partial charge in [-0.05, 0) is 67.5 Å². The molecule has 1 N–H and O–H groups in total. The van der Waals surface area contributed by atoms with Crippen LogP contribution in [0.5, 0.6) is 0 Å². The molecule has 2 amide bonds. The average Bonchev–Trinajstić information content (AvgIpc) is 3.80. The lowest BCUT2D eigenvalue weighted by Crippen LogP contribution is -2.58. The highest BCUT2D eigenvalue weighted by Gasteiger charge is 2.52. The molecule has 7 nitrogen and oxygen atoms in total. The minimum atomic E-state index is -3.46. The molecule has 2 aliphatic rings. The zero-order chi connectivity index (χ0) is 30.7. The van der Waals surface area contributed by atoms with Crippen LogP contribution in [-0.2, 0) is 19.6 Å². The molecule has 4 rings (SSSR count). The molecular weight excluding hydrogens is 593 g/mol. The normalized spacial score (nSPS) is 23.6. The van der Waals surface area contributed by atoms with Crippen molar-refractivity contribution in [2.75, 3.05) is 20.1 Å². The fraction of sp³-hybridized carbons (Fsp3) is 0.500. The second-order valence-corrected chi connectivity index (χ2v) is 15.0. The number of likely N-dealkylation sites (N-methyl/N-ethyl adjacent to an activating group) is 1. The third-order valence-corrected chi connectivity index (χ3v) is 11.3. The predicted octanol–water partition coefficient (Wildman–Crippen LogP) is 6.34. The number of likely N-dealkylation sites (tertiary alicyclic amines) is 1. The summed E-state index contributed by atoms with van der Waals surface area (Å²) in [6.07, 6.45) is 4.65. The van der Waals surface area contributed by atoms with Gasteiger partial charge in [-0.15, -0.1) is 6.58 Å². The zero-order valence-electron chi connectivity index (χ0n) is 24.6. The van der Waals surface area contributed by atoms with Gasteiger partial charge < -0.3 is 10.2 Å². The maximum Gasteiger partial charge on any atom is 0.229 e. The highest BCUT2D eigenvalue weighted by atomic mass is 35.5. The average molecular weight is 635 g/mol. The number of carbonyl (C=O) groups is 2. The third kappa shape index (κ3) is 7.21. The predicted molar refractivity (Wildman–Crippen MR) is 169 cm³/mol. The molecule has 2 aromatic rings. The number of nitrogens with zero attached hydrogens (tertiary/aromatic N) is 2. The van der Waals surface area contributed by atoms with E-state index in [0.29, 0.717) is 48.7 Å². The van der Waals surface area contributed by atoms with Crippen LogP contribution in [0.3, 0.4) is 0 Å². The van der Waals surface area contributed by atoms with Gasteiger partial charge in [0.2, 0.25) is 21.8 Å². The van der Waals surface area contributed by atoms with E-state index in [1.54, 1.807) is 25.3 Å². The minimum Gasteiger partial charge on any atom is -0.356 e. The van der Waals surface area contributed by atoms with Crippen LogP contribution in [0.4, 0.5) is 0 Å². The first-order valence-electron chi connectivity index (χ1n) is 14.6. The summed E-state index contributed by atoms with van der Waals surface area (Å²) in [5, 5.41) is 3.72. The largest absolute Gasteiger partial charge is 0.356 e. The van der Waals surface area contributed by atoms with Gasteiger partial charge in [-0.25, -0.2) is 12.7 Å². The summed E-state index contributed by atoms with van der Waals surface area (Å²) in [6, 6.07) is 14.2. The number of hydrogen-bond donors (Lipinski definition) is 1. The Bertz CT molecular complexity index is 1400. The Morgan fingerprint density at radius 2 is 1.86 bits per heavy atom. The Balaban J connectivity index is 1.82. The number of carbonyl (C=O) groups excluding carboxylic acids is 2. The summed E-state index contributed by atoms with van der Waals surface area (Å²) in [7, 11) is -1.86. The van der Waals surface area contributed by atoms with Gasteiger partial charge in [0.1, 0.15) is 0 Å². The Hall–Kier alpha value is -2.39. The topological polar surface area (TPSA) is 86.8 Å². The molecule has 4 atom stereocenters. The standard InChI is InChI=1S/C32H41Cl2N3O4S/c1-5-7-17-35-29(38)20-32(3)19-28(23-9-8-10-25(34)18-23)30(22-11-13-24(33)14-12-22)37(31(32)39)26(6-2)21-36(4)42(40,41)27-15-16-27/h5,8-14,18,26-28,30H,1,6-7,15-17,19-21H2,2-4H3,(H,35,38). The van der Waals surface area contributed by atoms with E-state index in [9.17, 15) is 18.0 Å². The van der Waals surface area contributed by atoms with Crippen LogP contribution in [0, 0.1) is 5.41 Å². The van der Waals surface area contributed by atoms with Crippen LogP contribution in [0.2, 0.25) is 10.0 Å². The van der Waals surface area contributed by atoms with Gasteiger partial charge in [-0.1, -0.05) is 67.4 Å². The lowest BCUT2D eigenvalue weighted by atomic mass is 9.67. The molecule has 1 heterocycles. The number of benzene rings is 2. The van der Waals surface area contributed by atoms with Crippen LogP contribution >= 0.6 is 23.2 Å². The summed E-state index contributed by atoms with van der Waals surface area (Å²) in [5.41, 5.74) is 0.809. The molecule has 228 valence electrons. The summed E-state index contributed by atoms with van der Waals surface area (Å²) >= 11 is 12.7. The molecule has 4 unspecified atom stereocenters.